The highest BCUT2D eigenvalue weighted by Crippen LogP contribution is 2.08. The van der Waals surface area contributed by atoms with E-state index in [4.69, 9.17) is 9.47 Å². The van der Waals surface area contributed by atoms with Crippen molar-refractivity contribution in [2.75, 3.05) is 7.11 Å². The Hall–Kier alpha value is -1.85. The second kappa shape index (κ2) is 5.47. The Morgan fingerprint density at radius 1 is 1.41 bits per heavy atom. The zero-order valence-electron chi connectivity index (χ0n) is 10.5. The van der Waals surface area contributed by atoms with Crippen LogP contribution in [0.15, 0.2) is 12.4 Å². The van der Waals surface area contributed by atoms with Crippen LogP contribution in [0.3, 0.4) is 0 Å². The third kappa shape index (κ3) is 5.14. The summed E-state index contributed by atoms with van der Waals surface area (Å²) in [5, 5.41) is 2.60. The lowest BCUT2D eigenvalue weighted by molar-refractivity contribution is 0.0523. The predicted octanol–water partition coefficient (Wildman–Crippen LogP) is 1.51. The van der Waals surface area contributed by atoms with E-state index in [9.17, 15) is 4.79 Å². The van der Waals surface area contributed by atoms with Gasteiger partial charge in [-0.3, -0.25) is 0 Å². The molecule has 6 heteroatoms. The molecule has 0 bridgehead atoms. The first kappa shape index (κ1) is 13.2. The summed E-state index contributed by atoms with van der Waals surface area (Å²) >= 11 is 0. The van der Waals surface area contributed by atoms with Gasteiger partial charge in [0.15, 0.2) is 0 Å². The fourth-order valence-corrected chi connectivity index (χ4v) is 1.06. The molecule has 0 spiro atoms. The fourth-order valence-electron chi connectivity index (χ4n) is 1.06. The average Bonchev–Trinajstić information content (AvgIpc) is 2.24. The van der Waals surface area contributed by atoms with E-state index in [1.807, 2.05) is 0 Å². The molecule has 0 aliphatic heterocycles. The normalized spacial score (nSPS) is 10.8. The lowest BCUT2D eigenvalue weighted by Gasteiger charge is -2.19. The van der Waals surface area contributed by atoms with Crippen molar-refractivity contribution in [3.05, 3.63) is 18.1 Å². The van der Waals surface area contributed by atoms with Gasteiger partial charge < -0.3 is 14.8 Å². The molecule has 1 rings (SSSR count). The maximum Gasteiger partial charge on any atom is 0.407 e. The standard InChI is InChI=1S/C11H17N3O3/c1-11(2,3)17-10(15)12-6-8-5-9(16-4)14-7-13-8/h5,7H,6H2,1-4H3,(H,12,15). The first-order valence-electron chi connectivity index (χ1n) is 5.22. The maximum atomic E-state index is 11.4. The summed E-state index contributed by atoms with van der Waals surface area (Å²) in [5.74, 6) is 0.459. The molecule has 0 unspecified atom stereocenters. The van der Waals surface area contributed by atoms with Gasteiger partial charge in [0, 0.05) is 6.07 Å². The number of methoxy groups -OCH3 is 1. The third-order valence-electron chi connectivity index (χ3n) is 1.72. The maximum absolute atomic E-state index is 11.4. The van der Waals surface area contributed by atoms with E-state index in [0.717, 1.165) is 0 Å². The van der Waals surface area contributed by atoms with Gasteiger partial charge in [-0.25, -0.2) is 14.8 Å². The van der Waals surface area contributed by atoms with Crippen LogP contribution >= 0.6 is 0 Å². The first-order chi connectivity index (χ1) is 7.90. The molecule has 1 heterocycles. The van der Waals surface area contributed by atoms with E-state index in [0.29, 0.717) is 11.6 Å². The zero-order valence-corrected chi connectivity index (χ0v) is 10.5. The van der Waals surface area contributed by atoms with Gasteiger partial charge in [-0.15, -0.1) is 0 Å². The number of carbonyl (C=O) groups excluding carboxylic acids is 1. The van der Waals surface area contributed by atoms with Crippen LogP contribution in [0.4, 0.5) is 4.79 Å². The fraction of sp³-hybridized carbons (Fsp3) is 0.545. The van der Waals surface area contributed by atoms with Crippen LogP contribution < -0.4 is 10.1 Å². The van der Waals surface area contributed by atoms with Gasteiger partial charge in [-0.05, 0) is 20.8 Å². The van der Waals surface area contributed by atoms with E-state index in [-0.39, 0.29) is 6.54 Å². The number of hydrogen-bond donors (Lipinski definition) is 1. The van der Waals surface area contributed by atoms with Gasteiger partial charge >= 0.3 is 6.09 Å². The molecule has 17 heavy (non-hydrogen) atoms. The van der Waals surface area contributed by atoms with Gasteiger partial charge in [0.2, 0.25) is 5.88 Å². The highest BCUT2D eigenvalue weighted by molar-refractivity contribution is 5.67. The summed E-state index contributed by atoms with van der Waals surface area (Å²) in [6.45, 7) is 5.69. The molecule has 0 atom stereocenters. The van der Waals surface area contributed by atoms with Gasteiger partial charge in [0.05, 0.1) is 19.3 Å². The van der Waals surface area contributed by atoms with Crippen LogP contribution in [0.1, 0.15) is 26.5 Å². The summed E-state index contributed by atoms with van der Waals surface area (Å²) in [6, 6.07) is 1.65. The second-order valence-corrected chi connectivity index (χ2v) is 4.41. The molecule has 1 amide bonds. The monoisotopic (exact) mass is 239 g/mol. The van der Waals surface area contributed by atoms with E-state index >= 15 is 0 Å². The molecule has 0 saturated heterocycles. The molecule has 0 fully saturated rings. The number of ether oxygens (including phenoxy) is 2. The van der Waals surface area contributed by atoms with Crippen molar-refractivity contribution in [3.8, 4) is 5.88 Å². The van der Waals surface area contributed by atoms with Crippen LogP contribution in [-0.4, -0.2) is 28.8 Å². The number of aromatic nitrogens is 2. The molecule has 0 aliphatic carbocycles. The summed E-state index contributed by atoms with van der Waals surface area (Å²) in [6.07, 6.45) is 0.903. The smallest absolute Gasteiger partial charge is 0.407 e. The first-order valence-corrected chi connectivity index (χ1v) is 5.22. The van der Waals surface area contributed by atoms with E-state index in [1.165, 1.54) is 13.4 Å². The number of amides is 1. The Bertz CT molecular complexity index is 388. The Morgan fingerprint density at radius 2 is 2.12 bits per heavy atom. The van der Waals surface area contributed by atoms with E-state index in [2.05, 4.69) is 15.3 Å². The van der Waals surface area contributed by atoms with Crippen LogP contribution in [0.2, 0.25) is 0 Å². The van der Waals surface area contributed by atoms with Gasteiger partial charge in [-0.1, -0.05) is 0 Å². The molecule has 94 valence electrons. The van der Waals surface area contributed by atoms with Gasteiger partial charge in [0.1, 0.15) is 11.9 Å². The summed E-state index contributed by atoms with van der Waals surface area (Å²) in [5.41, 5.74) is 0.149. The quantitative estimate of drug-likeness (QED) is 0.865. The minimum Gasteiger partial charge on any atom is -0.481 e. The van der Waals surface area contributed by atoms with Crippen LogP contribution in [0, 0.1) is 0 Å². The van der Waals surface area contributed by atoms with Crippen molar-refractivity contribution in [1.82, 2.24) is 15.3 Å². The van der Waals surface area contributed by atoms with Crippen LogP contribution in [0.25, 0.3) is 0 Å². The lowest BCUT2D eigenvalue weighted by atomic mass is 10.2. The topological polar surface area (TPSA) is 73.3 Å². The molecule has 1 aromatic heterocycles. The van der Waals surface area contributed by atoms with Crippen molar-refractivity contribution in [2.45, 2.75) is 32.9 Å². The minimum absolute atomic E-state index is 0.272. The summed E-state index contributed by atoms with van der Waals surface area (Å²) < 4.78 is 10.0. The average molecular weight is 239 g/mol. The van der Waals surface area contributed by atoms with Gasteiger partial charge in [-0.2, -0.15) is 0 Å². The SMILES string of the molecule is COc1cc(CNC(=O)OC(C)(C)C)ncn1. The summed E-state index contributed by atoms with van der Waals surface area (Å²) in [4.78, 5) is 19.2. The second-order valence-electron chi connectivity index (χ2n) is 4.41. The Labute approximate surface area is 100 Å². The highest BCUT2D eigenvalue weighted by atomic mass is 16.6. The Morgan fingerprint density at radius 3 is 2.71 bits per heavy atom. The largest absolute Gasteiger partial charge is 0.481 e. The number of nitrogens with one attached hydrogen (secondary N) is 1. The predicted molar refractivity (Wildman–Crippen MR) is 61.7 cm³/mol. The van der Waals surface area contributed by atoms with Crippen molar-refractivity contribution < 1.29 is 14.3 Å². The van der Waals surface area contributed by atoms with E-state index < -0.39 is 11.7 Å². The molecule has 0 aliphatic rings. The molecule has 6 nitrogen and oxygen atoms in total. The molecule has 0 radical (unpaired) electrons. The highest BCUT2D eigenvalue weighted by Gasteiger charge is 2.15. The Balaban J connectivity index is 2.47. The van der Waals surface area contributed by atoms with Crippen LogP contribution in [-0.2, 0) is 11.3 Å². The molecular weight excluding hydrogens is 222 g/mol. The van der Waals surface area contributed by atoms with Crippen molar-refractivity contribution in [2.24, 2.45) is 0 Å². The minimum atomic E-state index is -0.507. The number of nitrogens with zero attached hydrogens (tertiary/aromatic N) is 2. The van der Waals surface area contributed by atoms with E-state index in [1.54, 1.807) is 26.8 Å². The van der Waals surface area contributed by atoms with Crippen molar-refractivity contribution in [3.63, 3.8) is 0 Å². The molecule has 1 N–H and O–H groups in total. The van der Waals surface area contributed by atoms with Crippen LogP contribution in [0.5, 0.6) is 5.88 Å². The number of hydrogen-bond acceptors (Lipinski definition) is 5. The molecular formula is C11H17N3O3. The lowest BCUT2D eigenvalue weighted by Crippen LogP contribution is -2.32. The number of rotatable bonds is 3. The number of carbonyl (C=O) groups is 1. The molecule has 0 aromatic carbocycles. The number of alkyl carbamates (subject to hydrolysis) is 1. The van der Waals surface area contributed by atoms with Crippen molar-refractivity contribution in [1.29, 1.82) is 0 Å². The third-order valence-corrected chi connectivity index (χ3v) is 1.72. The van der Waals surface area contributed by atoms with Gasteiger partial charge in [0.25, 0.3) is 0 Å². The van der Waals surface area contributed by atoms with Crippen molar-refractivity contribution >= 4 is 6.09 Å². The molecule has 0 saturated carbocycles. The summed E-state index contributed by atoms with van der Waals surface area (Å²) in [7, 11) is 1.52. The zero-order chi connectivity index (χ0) is 12.9. The Kier molecular flexibility index (Phi) is 4.25. The molecule has 1 aromatic rings.